The van der Waals surface area contributed by atoms with Gasteiger partial charge < -0.3 is 25.6 Å². The summed E-state index contributed by atoms with van der Waals surface area (Å²) in [5, 5.41) is 8.81. The number of hydrogen-bond donors (Lipinski definition) is 3. The number of likely N-dealkylation sites (tertiary alicyclic amines) is 1. The van der Waals surface area contributed by atoms with Crippen LogP contribution >= 0.6 is 11.8 Å². The lowest BCUT2D eigenvalue weighted by atomic mass is 10.0. The molecule has 0 aliphatic carbocycles. The van der Waals surface area contributed by atoms with Crippen molar-refractivity contribution in [2.45, 2.75) is 35.7 Å². The summed E-state index contributed by atoms with van der Waals surface area (Å²) in [6.07, 6.45) is 0.911. The molecular formula is C26H26F4N6O2S. The number of carbonyl (C=O) groups is 1. The molecule has 0 radical (unpaired) electrons. The molecule has 3 aromatic rings. The summed E-state index contributed by atoms with van der Waals surface area (Å²) in [6.45, 7) is 1.46. The van der Waals surface area contributed by atoms with Crippen LogP contribution in [0.2, 0.25) is 0 Å². The second-order valence-corrected chi connectivity index (χ2v) is 10.3. The van der Waals surface area contributed by atoms with Gasteiger partial charge in [-0.1, -0.05) is 5.92 Å². The van der Waals surface area contributed by atoms with Crippen molar-refractivity contribution >= 4 is 34.7 Å². The van der Waals surface area contributed by atoms with Crippen molar-refractivity contribution in [1.29, 1.82) is 0 Å². The molecule has 2 atom stereocenters. The largest absolute Gasteiger partial charge is 0.495 e. The van der Waals surface area contributed by atoms with Gasteiger partial charge >= 0.3 is 5.51 Å². The quantitative estimate of drug-likeness (QED) is 0.237. The molecule has 0 unspecified atom stereocenters. The maximum atomic E-state index is 14.6. The minimum Gasteiger partial charge on any atom is -0.495 e. The van der Waals surface area contributed by atoms with Crippen molar-refractivity contribution in [3.05, 3.63) is 47.3 Å². The molecule has 3 N–H and O–H groups in total. The van der Waals surface area contributed by atoms with E-state index in [1.165, 1.54) is 17.7 Å². The zero-order valence-electron chi connectivity index (χ0n) is 21.2. The van der Waals surface area contributed by atoms with Gasteiger partial charge in [0, 0.05) is 43.2 Å². The SMILES string of the molecule is COc1cc2c(cc1NCC#Cc1nc3c(N[C@@H]4CCN(C)C[C@@H]4F)cccn3c1SC(F)(F)F)CNC2=O. The van der Waals surface area contributed by atoms with E-state index in [4.69, 9.17) is 4.74 Å². The highest BCUT2D eigenvalue weighted by Crippen LogP contribution is 2.39. The van der Waals surface area contributed by atoms with Crippen molar-refractivity contribution < 1.29 is 27.1 Å². The number of imidazole rings is 1. The highest BCUT2D eigenvalue weighted by molar-refractivity contribution is 8.00. The maximum absolute atomic E-state index is 14.6. The van der Waals surface area contributed by atoms with E-state index in [2.05, 4.69) is 32.8 Å². The minimum absolute atomic E-state index is 0.0377. The zero-order valence-corrected chi connectivity index (χ0v) is 22.0. The number of halogens is 4. The number of fused-ring (bicyclic) bond motifs is 2. The van der Waals surface area contributed by atoms with Gasteiger partial charge in [-0.05, 0) is 49.2 Å². The lowest BCUT2D eigenvalue weighted by Gasteiger charge is -2.33. The second kappa shape index (κ2) is 10.9. The van der Waals surface area contributed by atoms with E-state index in [-0.39, 0.29) is 47.1 Å². The van der Waals surface area contributed by atoms with Crippen molar-refractivity contribution in [3.8, 4) is 17.6 Å². The lowest BCUT2D eigenvalue weighted by Crippen LogP contribution is -2.46. The van der Waals surface area contributed by atoms with E-state index in [0.29, 0.717) is 42.2 Å². The third kappa shape index (κ3) is 5.86. The number of hydrogen-bond acceptors (Lipinski definition) is 7. The number of anilines is 2. The van der Waals surface area contributed by atoms with Gasteiger partial charge in [-0.15, -0.1) is 0 Å². The van der Waals surface area contributed by atoms with Gasteiger partial charge in [-0.3, -0.25) is 9.20 Å². The molecule has 1 aromatic carbocycles. The fourth-order valence-electron chi connectivity index (χ4n) is 4.69. The minimum atomic E-state index is -4.56. The molecule has 206 valence electrons. The highest BCUT2D eigenvalue weighted by atomic mass is 32.2. The Morgan fingerprint density at radius 3 is 2.87 bits per heavy atom. The van der Waals surface area contributed by atoms with Gasteiger partial charge in [0.1, 0.15) is 22.6 Å². The Morgan fingerprint density at radius 1 is 1.31 bits per heavy atom. The Balaban J connectivity index is 1.41. The number of alkyl halides is 4. The summed E-state index contributed by atoms with van der Waals surface area (Å²) in [5.74, 6) is 5.86. The molecule has 0 bridgehead atoms. The van der Waals surface area contributed by atoms with Crippen LogP contribution in [0.1, 0.15) is 28.0 Å². The Morgan fingerprint density at radius 2 is 2.13 bits per heavy atom. The molecule has 5 rings (SSSR count). The number of benzene rings is 1. The van der Waals surface area contributed by atoms with Crippen LogP contribution in [-0.2, 0) is 6.54 Å². The van der Waals surface area contributed by atoms with Crippen molar-refractivity contribution in [3.63, 3.8) is 0 Å². The van der Waals surface area contributed by atoms with Crippen LogP contribution in [-0.4, -0.2) is 71.7 Å². The summed E-state index contributed by atoms with van der Waals surface area (Å²) in [6, 6.07) is 6.21. The number of thioether (sulfide) groups is 1. The van der Waals surface area contributed by atoms with Crippen LogP contribution in [0.5, 0.6) is 5.75 Å². The first-order valence-corrected chi connectivity index (χ1v) is 13.0. The number of ether oxygens (including phenoxy) is 1. The number of amides is 1. The topological polar surface area (TPSA) is 82.9 Å². The van der Waals surface area contributed by atoms with Gasteiger partial charge in [0.2, 0.25) is 0 Å². The Kier molecular flexibility index (Phi) is 7.51. The van der Waals surface area contributed by atoms with E-state index < -0.39 is 17.7 Å². The smallest absolute Gasteiger partial charge is 0.447 e. The summed E-state index contributed by atoms with van der Waals surface area (Å²) in [4.78, 5) is 18.2. The standard InChI is InChI=1S/C26H26F4N6O2S/c1-35-10-7-18(17(27)14-35)33-19-6-4-9-36-23(19)34-20(25(36)39-26(28,29)30)5-3-8-31-21-11-15-13-32-24(37)16(15)12-22(21)38-2/h4,6,9,11-12,17-18,31,33H,7-8,10,13-14H2,1-2H3,(H,32,37)/t17-,18+/m0/s1. The number of aromatic nitrogens is 2. The third-order valence-electron chi connectivity index (χ3n) is 6.59. The van der Waals surface area contributed by atoms with Gasteiger partial charge in [0.15, 0.2) is 5.65 Å². The predicted molar refractivity (Wildman–Crippen MR) is 141 cm³/mol. The van der Waals surface area contributed by atoms with Crippen LogP contribution in [0.15, 0.2) is 35.5 Å². The zero-order chi connectivity index (χ0) is 27.7. The van der Waals surface area contributed by atoms with Gasteiger partial charge in [0.05, 0.1) is 31.1 Å². The third-order valence-corrected chi connectivity index (χ3v) is 7.40. The molecule has 0 saturated carbocycles. The van der Waals surface area contributed by atoms with E-state index in [1.807, 2.05) is 11.9 Å². The molecule has 2 aliphatic rings. The second-order valence-electron chi connectivity index (χ2n) is 9.29. The fraction of sp³-hybridized carbons (Fsp3) is 0.385. The number of methoxy groups -OCH3 is 1. The van der Waals surface area contributed by atoms with Gasteiger partial charge in [0.25, 0.3) is 5.91 Å². The molecule has 2 aromatic heterocycles. The van der Waals surface area contributed by atoms with Crippen LogP contribution in [0.3, 0.4) is 0 Å². The molecule has 1 amide bonds. The van der Waals surface area contributed by atoms with E-state index in [1.54, 1.807) is 24.3 Å². The van der Waals surface area contributed by atoms with Crippen LogP contribution < -0.4 is 20.7 Å². The van der Waals surface area contributed by atoms with Gasteiger partial charge in [-0.25, -0.2) is 9.37 Å². The number of pyridine rings is 1. The average Bonchev–Trinajstić information content (AvgIpc) is 3.42. The number of rotatable bonds is 6. The molecule has 39 heavy (non-hydrogen) atoms. The predicted octanol–water partition coefficient (Wildman–Crippen LogP) is 4.12. The molecule has 0 spiro atoms. The fourth-order valence-corrected chi connectivity index (χ4v) is 5.35. The molecule has 8 nitrogen and oxygen atoms in total. The first-order valence-electron chi connectivity index (χ1n) is 12.2. The summed E-state index contributed by atoms with van der Waals surface area (Å²) in [5.41, 5.74) is -1.97. The van der Waals surface area contributed by atoms with Crippen molar-refractivity contribution in [2.24, 2.45) is 0 Å². The van der Waals surface area contributed by atoms with Crippen LogP contribution in [0.4, 0.5) is 28.9 Å². The summed E-state index contributed by atoms with van der Waals surface area (Å²) >= 11 is -0.297. The van der Waals surface area contributed by atoms with E-state index >= 15 is 0 Å². The molecule has 13 heteroatoms. The van der Waals surface area contributed by atoms with Crippen molar-refractivity contribution in [1.82, 2.24) is 19.6 Å². The lowest BCUT2D eigenvalue weighted by molar-refractivity contribution is -0.0330. The van der Waals surface area contributed by atoms with Crippen molar-refractivity contribution in [2.75, 3.05) is 44.4 Å². The maximum Gasteiger partial charge on any atom is 0.447 e. The summed E-state index contributed by atoms with van der Waals surface area (Å²) < 4.78 is 61.7. The van der Waals surface area contributed by atoms with Crippen LogP contribution in [0.25, 0.3) is 5.65 Å². The van der Waals surface area contributed by atoms with Crippen LogP contribution in [0, 0.1) is 11.8 Å². The van der Waals surface area contributed by atoms with Gasteiger partial charge in [-0.2, -0.15) is 13.2 Å². The molecule has 1 saturated heterocycles. The molecule has 2 aliphatic heterocycles. The monoisotopic (exact) mass is 562 g/mol. The number of carbonyl (C=O) groups excluding carboxylic acids is 1. The Hall–Kier alpha value is -3.63. The molecular weight excluding hydrogens is 536 g/mol. The molecule has 4 heterocycles. The number of nitrogens with one attached hydrogen (secondary N) is 3. The molecule has 1 fully saturated rings. The Bertz CT molecular complexity index is 1460. The number of nitrogens with zero attached hydrogens (tertiary/aromatic N) is 3. The Labute approximate surface area is 226 Å². The number of piperidine rings is 1. The van der Waals surface area contributed by atoms with E-state index in [9.17, 15) is 22.4 Å². The highest BCUT2D eigenvalue weighted by Gasteiger charge is 2.34. The first kappa shape index (κ1) is 27.0. The summed E-state index contributed by atoms with van der Waals surface area (Å²) in [7, 11) is 3.32. The average molecular weight is 563 g/mol. The van der Waals surface area contributed by atoms with E-state index in [0.717, 1.165) is 5.56 Å². The first-order chi connectivity index (χ1) is 18.6. The normalized spacial score (nSPS) is 19.3.